The van der Waals surface area contributed by atoms with Crippen LogP contribution in [-0.2, 0) is 0 Å². The summed E-state index contributed by atoms with van der Waals surface area (Å²) in [6.07, 6.45) is 3.85. The van der Waals surface area contributed by atoms with Gasteiger partial charge in [-0.1, -0.05) is 18.2 Å². The predicted molar refractivity (Wildman–Crippen MR) is 91.0 cm³/mol. The minimum Gasteiger partial charge on any atom is -0.241 e. The lowest BCUT2D eigenvalue weighted by Crippen LogP contribution is -1.93. The number of benzene rings is 1. The zero-order valence-corrected chi connectivity index (χ0v) is 13.3. The molecule has 5 heteroatoms. The molecule has 1 atom stereocenters. The molecule has 0 aliphatic carbocycles. The molecular weight excluding hydrogens is 320 g/mol. The van der Waals surface area contributed by atoms with Crippen molar-refractivity contribution >= 4 is 43.7 Å². The third kappa shape index (κ3) is 2.39. The molecule has 0 bridgehead atoms. The average Bonchev–Trinajstić information content (AvgIpc) is 3.22. The Morgan fingerprint density at radius 2 is 1.95 bits per heavy atom. The molecule has 0 spiro atoms. The van der Waals surface area contributed by atoms with Crippen LogP contribution in [0.4, 0.5) is 0 Å². The van der Waals surface area contributed by atoms with Gasteiger partial charge in [-0.05, 0) is 29.6 Å². The number of para-hydroxylation sites is 1. The number of nitrogens with zero attached hydrogens (tertiary/aromatic N) is 2. The first-order valence-corrected chi connectivity index (χ1v) is 8.65. The van der Waals surface area contributed by atoms with Crippen molar-refractivity contribution < 1.29 is 0 Å². The number of alkyl halides is 1. The van der Waals surface area contributed by atoms with Crippen molar-refractivity contribution in [3.8, 4) is 5.69 Å². The molecule has 3 heterocycles. The van der Waals surface area contributed by atoms with Gasteiger partial charge < -0.3 is 0 Å². The fraction of sp³-hybridized carbons (Fsp3) is 0.0625. The first-order chi connectivity index (χ1) is 10.3. The Morgan fingerprint density at radius 1 is 1.10 bits per heavy atom. The summed E-state index contributed by atoms with van der Waals surface area (Å²) in [5.41, 5.74) is 2.06. The van der Waals surface area contributed by atoms with Crippen LogP contribution in [0.5, 0.6) is 0 Å². The van der Waals surface area contributed by atoms with Crippen molar-refractivity contribution in [2.45, 2.75) is 5.38 Å². The minimum atomic E-state index is -0.146. The van der Waals surface area contributed by atoms with E-state index in [-0.39, 0.29) is 5.38 Å². The van der Waals surface area contributed by atoms with Gasteiger partial charge in [-0.2, -0.15) is 5.10 Å². The Balaban J connectivity index is 1.67. The van der Waals surface area contributed by atoms with Crippen molar-refractivity contribution in [1.82, 2.24) is 9.78 Å². The first-order valence-electron chi connectivity index (χ1n) is 6.52. The molecule has 2 nitrogen and oxygen atoms in total. The lowest BCUT2D eigenvalue weighted by Gasteiger charge is -2.03. The molecule has 0 saturated carbocycles. The quantitative estimate of drug-likeness (QED) is 0.455. The highest BCUT2D eigenvalue weighted by Crippen LogP contribution is 2.38. The zero-order chi connectivity index (χ0) is 14.2. The van der Waals surface area contributed by atoms with Gasteiger partial charge in [0.2, 0.25) is 0 Å². The number of rotatable bonds is 3. The monoisotopic (exact) mass is 330 g/mol. The fourth-order valence-electron chi connectivity index (χ4n) is 2.26. The minimum absolute atomic E-state index is 0.146. The molecule has 104 valence electrons. The van der Waals surface area contributed by atoms with Crippen LogP contribution in [0.1, 0.15) is 15.8 Å². The Labute approximate surface area is 135 Å². The fourth-order valence-corrected chi connectivity index (χ4v) is 4.70. The largest absolute Gasteiger partial charge is 0.241 e. The van der Waals surface area contributed by atoms with E-state index >= 15 is 0 Å². The molecule has 1 aromatic carbocycles. The van der Waals surface area contributed by atoms with Gasteiger partial charge >= 0.3 is 0 Å². The Kier molecular flexibility index (Phi) is 3.30. The lowest BCUT2D eigenvalue weighted by molar-refractivity contribution is 0.880. The van der Waals surface area contributed by atoms with Crippen molar-refractivity contribution in [2.24, 2.45) is 0 Å². The van der Waals surface area contributed by atoms with Gasteiger partial charge in [-0.25, -0.2) is 4.68 Å². The molecule has 1 unspecified atom stereocenters. The summed E-state index contributed by atoms with van der Waals surface area (Å²) >= 11 is 10.1. The maximum Gasteiger partial charge on any atom is 0.0958 e. The van der Waals surface area contributed by atoms with Crippen molar-refractivity contribution in [3.05, 3.63) is 70.7 Å². The van der Waals surface area contributed by atoms with Crippen molar-refractivity contribution in [2.75, 3.05) is 0 Å². The molecular formula is C16H11ClN2S2. The number of thiophene rings is 2. The second-order valence-electron chi connectivity index (χ2n) is 4.71. The molecule has 4 rings (SSSR count). The molecule has 0 amide bonds. The average molecular weight is 331 g/mol. The third-order valence-electron chi connectivity index (χ3n) is 3.32. The van der Waals surface area contributed by atoms with Gasteiger partial charge in [0.15, 0.2) is 0 Å². The molecule has 0 saturated heterocycles. The Hall–Kier alpha value is -1.62. The highest BCUT2D eigenvalue weighted by molar-refractivity contribution is 7.27. The number of hydrogen-bond acceptors (Lipinski definition) is 3. The van der Waals surface area contributed by atoms with Crippen LogP contribution in [0.15, 0.2) is 60.2 Å². The zero-order valence-electron chi connectivity index (χ0n) is 10.9. The van der Waals surface area contributed by atoms with Crippen LogP contribution in [0.25, 0.3) is 15.1 Å². The topological polar surface area (TPSA) is 17.8 Å². The van der Waals surface area contributed by atoms with E-state index in [9.17, 15) is 0 Å². The van der Waals surface area contributed by atoms with E-state index in [1.165, 1.54) is 14.3 Å². The maximum atomic E-state index is 6.62. The van der Waals surface area contributed by atoms with E-state index in [2.05, 4.69) is 22.6 Å². The van der Waals surface area contributed by atoms with E-state index in [4.69, 9.17) is 11.6 Å². The van der Waals surface area contributed by atoms with Gasteiger partial charge in [0, 0.05) is 26.0 Å². The standard InChI is InChI=1S/C16H11ClN2S2/c17-16(15-8-14-13(21-15)6-7-20-14)11-9-18-19(10-11)12-4-2-1-3-5-12/h1-10,16H. The smallest absolute Gasteiger partial charge is 0.0958 e. The summed E-state index contributed by atoms with van der Waals surface area (Å²) in [7, 11) is 0. The Morgan fingerprint density at radius 3 is 2.76 bits per heavy atom. The molecule has 3 aromatic heterocycles. The molecule has 0 N–H and O–H groups in total. The van der Waals surface area contributed by atoms with E-state index in [0.29, 0.717) is 0 Å². The second-order valence-corrected chi connectivity index (χ2v) is 7.21. The molecule has 0 aliphatic rings. The van der Waals surface area contributed by atoms with E-state index < -0.39 is 0 Å². The number of hydrogen-bond donors (Lipinski definition) is 0. The van der Waals surface area contributed by atoms with E-state index in [1.54, 1.807) is 22.7 Å². The van der Waals surface area contributed by atoms with Gasteiger partial charge in [0.05, 0.1) is 17.3 Å². The van der Waals surface area contributed by atoms with Gasteiger partial charge in [-0.15, -0.1) is 34.3 Å². The van der Waals surface area contributed by atoms with Crippen LogP contribution < -0.4 is 0 Å². The third-order valence-corrected chi connectivity index (χ3v) is 6.10. The summed E-state index contributed by atoms with van der Waals surface area (Å²) in [5.74, 6) is 0. The van der Waals surface area contributed by atoms with Crippen LogP contribution in [0.2, 0.25) is 0 Å². The Bertz CT molecular complexity index is 847. The number of halogens is 1. The van der Waals surface area contributed by atoms with Crippen LogP contribution in [0.3, 0.4) is 0 Å². The predicted octanol–water partition coefficient (Wildman–Crippen LogP) is 5.48. The summed E-state index contributed by atoms with van der Waals surface area (Å²) in [6, 6.07) is 14.4. The lowest BCUT2D eigenvalue weighted by atomic mass is 10.2. The summed E-state index contributed by atoms with van der Waals surface area (Å²) < 4.78 is 4.47. The van der Waals surface area contributed by atoms with Crippen molar-refractivity contribution in [3.63, 3.8) is 0 Å². The van der Waals surface area contributed by atoms with E-state index in [1.807, 2.05) is 47.4 Å². The van der Waals surface area contributed by atoms with Gasteiger partial charge in [0.1, 0.15) is 0 Å². The van der Waals surface area contributed by atoms with Crippen LogP contribution >= 0.6 is 34.3 Å². The molecule has 0 aliphatic heterocycles. The van der Waals surface area contributed by atoms with Crippen molar-refractivity contribution in [1.29, 1.82) is 0 Å². The molecule has 4 aromatic rings. The SMILES string of the molecule is ClC(c1cnn(-c2ccccc2)c1)c1cc2sccc2s1. The van der Waals surface area contributed by atoms with Gasteiger partial charge in [-0.3, -0.25) is 0 Å². The summed E-state index contributed by atoms with van der Waals surface area (Å²) in [6.45, 7) is 0. The molecule has 0 radical (unpaired) electrons. The second kappa shape index (κ2) is 5.30. The molecule has 0 fully saturated rings. The molecule has 21 heavy (non-hydrogen) atoms. The normalized spacial score (nSPS) is 12.8. The first kappa shape index (κ1) is 13.1. The number of aromatic nitrogens is 2. The highest BCUT2D eigenvalue weighted by atomic mass is 35.5. The highest BCUT2D eigenvalue weighted by Gasteiger charge is 2.16. The number of fused-ring (bicyclic) bond motifs is 1. The maximum absolute atomic E-state index is 6.62. The van der Waals surface area contributed by atoms with Gasteiger partial charge in [0.25, 0.3) is 0 Å². The summed E-state index contributed by atoms with van der Waals surface area (Å²) in [4.78, 5) is 1.17. The van der Waals surface area contributed by atoms with Crippen LogP contribution in [0, 0.1) is 0 Å². The van der Waals surface area contributed by atoms with Crippen LogP contribution in [-0.4, -0.2) is 9.78 Å². The van der Waals surface area contributed by atoms with E-state index in [0.717, 1.165) is 11.3 Å². The summed E-state index contributed by atoms with van der Waals surface area (Å²) in [5, 5.41) is 6.38.